The summed E-state index contributed by atoms with van der Waals surface area (Å²) in [7, 11) is 0. The van der Waals surface area contributed by atoms with E-state index in [-0.39, 0.29) is 35.3 Å². The molecule has 1 atom stereocenters. The first-order valence-corrected chi connectivity index (χ1v) is 18.3. The van der Waals surface area contributed by atoms with Crippen LogP contribution in [0.5, 0.6) is 0 Å². The van der Waals surface area contributed by atoms with E-state index >= 15 is 0 Å². The molecule has 5 rings (SSSR count). The summed E-state index contributed by atoms with van der Waals surface area (Å²) >= 11 is 0. The number of alkyl halides is 4. The molecule has 4 aromatic rings. The maximum atomic E-state index is 14.2. The fourth-order valence-corrected chi connectivity index (χ4v) is 6.42. The molecule has 1 aliphatic carbocycles. The van der Waals surface area contributed by atoms with Crippen LogP contribution >= 0.6 is 0 Å². The van der Waals surface area contributed by atoms with Crippen molar-refractivity contribution in [1.82, 2.24) is 25.8 Å². The Kier molecular flexibility index (Phi) is 12.9. The summed E-state index contributed by atoms with van der Waals surface area (Å²) in [5.74, 6) is -17.6. The van der Waals surface area contributed by atoms with Crippen LogP contribution in [0.15, 0.2) is 72.8 Å². The van der Waals surface area contributed by atoms with Gasteiger partial charge in [0.25, 0.3) is 0 Å². The van der Waals surface area contributed by atoms with Crippen molar-refractivity contribution in [1.29, 1.82) is 0 Å². The number of carbonyl (C=O) groups is 5. The van der Waals surface area contributed by atoms with E-state index in [2.05, 4.69) is 31.1 Å². The summed E-state index contributed by atoms with van der Waals surface area (Å²) in [6.07, 6.45) is 1.94. The predicted octanol–water partition coefficient (Wildman–Crippen LogP) is 6.05. The number of aromatic amines is 1. The highest BCUT2D eigenvalue weighted by atomic mass is 19.3. The second-order valence-corrected chi connectivity index (χ2v) is 15.0. The zero-order chi connectivity index (χ0) is 42.4. The lowest BCUT2D eigenvalue weighted by Crippen LogP contribution is -2.48. The van der Waals surface area contributed by atoms with Gasteiger partial charge in [-0.2, -0.15) is 22.7 Å². The van der Waals surface area contributed by atoms with Crippen molar-refractivity contribution >= 4 is 35.5 Å². The number of halogens is 4. The van der Waals surface area contributed by atoms with Gasteiger partial charge in [-0.3, -0.25) is 19.5 Å². The third kappa shape index (κ3) is 10.3. The first-order chi connectivity index (χ1) is 27.2. The van der Waals surface area contributed by atoms with E-state index in [9.17, 15) is 41.5 Å². The van der Waals surface area contributed by atoms with Gasteiger partial charge in [0.15, 0.2) is 5.82 Å². The van der Waals surface area contributed by atoms with Crippen molar-refractivity contribution in [3.63, 3.8) is 0 Å². The standard InChI is InChI=1S/C40H43F4N7O7/c1-38(2,3)58-37(57)46-21-23-10-14-26(15-11-23)33(53)48-30(20-22-8-12-24(13-9-22)28-6-4-5-7-29(28)31(45)52)34(54)47-27-18-16-25(17-19-27)32-49-35(51-50-32)39(41,42)40(43,44)36(55)56/h4-9,12-13,16-19,23,26,30H,10-11,14-15,20-21H2,1-3H3,(H2,45,52)(H,46,57)(H,47,54)(H,48,53)(H,55,56)(H,49,50,51)/t23-,26-,30-/m0/s1. The molecule has 0 aliphatic heterocycles. The number of primary amides is 1. The first kappa shape index (κ1) is 42.8. The summed E-state index contributed by atoms with van der Waals surface area (Å²) in [6.45, 7) is 5.71. The van der Waals surface area contributed by atoms with Crippen LogP contribution in [0.2, 0.25) is 0 Å². The number of rotatable bonds is 14. The number of alkyl carbamates (subject to hydrolysis) is 1. The summed E-state index contributed by atoms with van der Waals surface area (Å²) in [4.78, 5) is 65.7. The number of carbonyl (C=O) groups excluding carboxylic acids is 4. The van der Waals surface area contributed by atoms with E-state index < -0.39 is 59.1 Å². The summed E-state index contributed by atoms with van der Waals surface area (Å²) in [6, 6.07) is 18.3. The minimum atomic E-state index is -5.47. The first-order valence-electron chi connectivity index (χ1n) is 18.3. The molecule has 1 aliphatic rings. The monoisotopic (exact) mass is 809 g/mol. The number of ether oxygens (including phenoxy) is 1. The summed E-state index contributed by atoms with van der Waals surface area (Å²) in [5, 5.41) is 22.2. The van der Waals surface area contributed by atoms with Crippen LogP contribution in [0.1, 0.15) is 68.2 Å². The fraction of sp³-hybridized carbons (Fsp3) is 0.375. The van der Waals surface area contributed by atoms with E-state index in [0.29, 0.717) is 54.5 Å². The highest BCUT2D eigenvalue weighted by Gasteiger charge is 2.66. The molecule has 3 aromatic carbocycles. The Bertz CT molecular complexity index is 2130. The molecule has 0 saturated heterocycles. The van der Waals surface area contributed by atoms with E-state index in [1.165, 1.54) is 24.3 Å². The van der Waals surface area contributed by atoms with Gasteiger partial charge in [-0.1, -0.05) is 42.5 Å². The Morgan fingerprint density at radius 2 is 1.52 bits per heavy atom. The predicted molar refractivity (Wildman–Crippen MR) is 203 cm³/mol. The Labute approximate surface area is 330 Å². The normalized spacial score (nSPS) is 16.5. The van der Waals surface area contributed by atoms with Crippen molar-refractivity contribution in [3.8, 4) is 22.5 Å². The molecule has 0 unspecified atom stereocenters. The number of nitrogens with zero attached hydrogens (tertiary/aromatic N) is 2. The van der Waals surface area contributed by atoms with Gasteiger partial charge < -0.3 is 31.5 Å². The average molecular weight is 810 g/mol. The highest BCUT2D eigenvalue weighted by Crippen LogP contribution is 2.42. The molecule has 0 radical (unpaired) electrons. The number of hydrogen-bond acceptors (Lipinski definition) is 8. The van der Waals surface area contributed by atoms with Crippen LogP contribution in [0.4, 0.5) is 28.0 Å². The van der Waals surface area contributed by atoms with Crippen molar-refractivity contribution in [2.45, 2.75) is 76.4 Å². The number of benzene rings is 3. The average Bonchev–Trinajstić information content (AvgIpc) is 3.68. The minimum Gasteiger partial charge on any atom is -0.477 e. The third-order valence-corrected chi connectivity index (χ3v) is 9.54. The topological polar surface area (TPSA) is 218 Å². The number of nitrogens with one attached hydrogen (secondary N) is 4. The molecular weight excluding hydrogens is 766 g/mol. The zero-order valence-corrected chi connectivity index (χ0v) is 31.8. The molecule has 1 aromatic heterocycles. The lowest BCUT2D eigenvalue weighted by molar-refractivity contribution is -0.231. The van der Waals surface area contributed by atoms with Crippen molar-refractivity contribution < 1.29 is 51.4 Å². The highest BCUT2D eigenvalue weighted by molar-refractivity contribution is 6.00. The number of hydrogen-bond donors (Lipinski definition) is 6. The van der Waals surface area contributed by atoms with E-state index in [1.807, 2.05) is 0 Å². The number of H-pyrrole nitrogens is 1. The van der Waals surface area contributed by atoms with Gasteiger partial charge in [-0.05, 0) is 99.4 Å². The Balaban J connectivity index is 1.29. The van der Waals surface area contributed by atoms with Gasteiger partial charge in [-0.25, -0.2) is 14.6 Å². The van der Waals surface area contributed by atoms with Crippen LogP contribution < -0.4 is 21.7 Å². The number of nitrogens with two attached hydrogens (primary N) is 1. The van der Waals surface area contributed by atoms with E-state index in [0.717, 1.165) is 0 Å². The molecule has 4 amide bonds. The Hall–Kier alpha value is -6.33. The molecule has 7 N–H and O–H groups in total. The second kappa shape index (κ2) is 17.4. The molecule has 1 saturated carbocycles. The smallest absolute Gasteiger partial charge is 0.411 e. The number of carboxylic acid groups (broad SMARTS) is 1. The summed E-state index contributed by atoms with van der Waals surface area (Å²) in [5.41, 5.74) is 7.61. The number of amides is 4. The van der Waals surface area contributed by atoms with E-state index in [1.54, 1.807) is 69.3 Å². The molecular formula is C40H43F4N7O7. The molecule has 18 heteroatoms. The number of anilines is 1. The van der Waals surface area contributed by atoms with Gasteiger partial charge in [0, 0.05) is 35.7 Å². The van der Waals surface area contributed by atoms with Gasteiger partial charge in [0.05, 0.1) is 0 Å². The van der Waals surface area contributed by atoms with Crippen LogP contribution in [-0.4, -0.2) is 74.2 Å². The Morgan fingerprint density at radius 1 is 0.897 bits per heavy atom. The van der Waals surface area contributed by atoms with Gasteiger partial charge in [0.1, 0.15) is 11.6 Å². The molecule has 0 spiro atoms. The van der Waals surface area contributed by atoms with Crippen molar-refractivity contribution in [2.24, 2.45) is 17.6 Å². The van der Waals surface area contributed by atoms with Gasteiger partial charge in [0.2, 0.25) is 23.5 Å². The molecule has 1 fully saturated rings. The van der Waals surface area contributed by atoms with Crippen molar-refractivity contribution in [3.05, 3.63) is 89.7 Å². The molecule has 14 nitrogen and oxygen atoms in total. The van der Waals surface area contributed by atoms with Gasteiger partial charge >= 0.3 is 23.9 Å². The lowest BCUT2D eigenvalue weighted by atomic mass is 9.81. The number of aliphatic carboxylic acids is 1. The zero-order valence-electron chi connectivity index (χ0n) is 31.8. The molecule has 58 heavy (non-hydrogen) atoms. The lowest BCUT2D eigenvalue weighted by Gasteiger charge is -2.29. The van der Waals surface area contributed by atoms with Crippen LogP contribution in [0.3, 0.4) is 0 Å². The molecule has 308 valence electrons. The SMILES string of the molecule is CC(C)(C)OC(=O)NC[C@H]1CC[C@H](C(=O)N[C@@H](Cc2ccc(-c3ccccc3C(N)=O)cc2)C(=O)Nc2ccc(-c3nc(C(F)(F)C(F)(F)C(=O)O)n[nH]3)cc2)CC1. The molecule has 0 bridgehead atoms. The molecule has 1 heterocycles. The second-order valence-electron chi connectivity index (χ2n) is 15.0. The fourth-order valence-electron chi connectivity index (χ4n) is 6.42. The van der Waals surface area contributed by atoms with Crippen molar-refractivity contribution in [2.75, 3.05) is 11.9 Å². The number of aromatic nitrogens is 3. The number of carboxylic acids is 1. The van der Waals surface area contributed by atoms with Gasteiger partial charge in [-0.15, -0.1) is 0 Å². The third-order valence-electron chi connectivity index (χ3n) is 9.54. The largest absolute Gasteiger partial charge is 0.477 e. The maximum absolute atomic E-state index is 14.2. The van der Waals surface area contributed by atoms with Crippen LogP contribution in [-0.2, 0) is 31.5 Å². The quantitative estimate of drug-likeness (QED) is 0.0817. The van der Waals surface area contributed by atoms with Crippen LogP contribution in [0, 0.1) is 11.8 Å². The maximum Gasteiger partial charge on any atom is 0.411 e. The Morgan fingerprint density at radius 3 is 2.12 bits per heavy atom. The summed E-state index contributed by atoms with van der Waals surface area (Å²) < 4.78 is 61.1. The van der Waals surface area contributed by atoms with E-state index in [4.69, 9.17) is 15.6 Å². The minimum absolute atomic E-state index is 0.0680. The van der Waals surface area contributed by atoms with Crippen LogP contribution in [0.25, 0.3) is 22.5 Å².